The summed E-state index contributed by atoms with van der Waals surface area (Å²) < 4.78 is 10.5. The van der Waals surface area contributed by atoms with Crippen LogP contribution < -0.4 is 0 Å². The van der Waals surface area contributed by atoms with Crippen LogP contribution in [0.5, 0.6) is 0 Å². The summed E-state index contributed by atoms with van der Waals surface area (Å²) in [6, 6.07) is 0. The first-order valence-electron chi connectivity index (χ1n) is 19.1. The Hall–Kier alpha value is -3.70. The van der Waals surface area contributed by atoms with Crippen molar-refractivity contribution in [3.63, 3.8) is 0 Å². The maximum atomic E-state index is 12.2. The Kier molecular flexibility index (Phi) is 36.8. The number of hydrogen-bond acceptors (Lipinski definition) is 5. The van der Waals surface area contributed by atoms with Crippen LogP contribution in [0.1, 0.15) is 129 Å². The molecule has 0 aliphatic heterocycles. The molecule has 0 aromatic carbocycles. The second kappa shape index (κ2) is 39.7. The third kappa shape index (κ3) is 37.1. The molecule has 0 amide bonds. The standard InChI is InChI=1S/C45H68O5/c1-3-5-7-9-11-13-15-17-19-20-21-22-23-24-26-28-30-32-34-36-38-40-45(48)50-43(41-46)42-49-44(47)39-37-35-33-31-29-27-25-18-16-14-12-10-8-6-4-2/h5-8,11-14,17-19,21-22,24-26,29-32,43,46H,3-4,9-10,15-16,20,23,27-28,33-42H2,1-2H3/b7-5-,8-6-,13-11-,14-12-,19-17-,22-21-,25-18-,26-24-,31-29-,32-30-. The van der Waals surface area contributed by atoms with Crippen LogP contribution in [0.25, 0.3) is 0 Å². The molecule has 0 rings (SSSR count). The van der Waals surface area contributed by atoms with E-state index in [1.54, 1.807) is 0 Å². The highest BCUT2D eigenvalue weighted by atomic mass is 16.6. The Morgan fingerprint density at radius 3 is 1.12 bits per heavy atom. The van der Waals surface area contributed by atoms with Crippen molar-refractivity contribution < 1.29 is 24.2 Å². The SMILES string of the molecule is CC/C=C\C/C=C\C/C=C\C/C=C\C/C=C\C/C=C\CCCCC(=O)OC(CO)COC(=O)CCCC/C=C\C/C=C\C/C=C\C/C=C\CC. The van der Waals surface area contributed by atoms with Crippen LogP contribution in [0.4, 0.5) is 0 Å². The zero-order valence-electron chi connectivity index (χ0n) is 31.3. The number of aliphatic hydroxyl groups is 1. The van der Waals surface area contributed by atoms with E-state index >= 15 is 0 Å². The predicted molar refractivity (Wildman–Crippen MR) is 214 cm³/mol. The van der Waals surface area contributed by atoms with Crippen LogP contribution in [0, 0.1) is 0 Å². The quantitative estimate of drug-likeness (QED) is 0.0433. The minimum atomic E-state index is -0.820. The molecule has 278 valence electrons. The molecule has 1 unspecified atom stereocenters. The minimum absolute atomic E-state index is 0.115. The van der Waals surface area contributed by atoms with Gasteiger partial charge in [-0.2, -0.15) is 0 Å². The third-order valence-corrected chi connectivity index (χ3v) is 7.25. The maximum Gasteiger partial charge on any atom is 0.306 e. The number of unbranched alkanes of at least 4 members (excludes halogenated alkanes) is 4. The molecule has 0 aliphatic carbocycles. The van der Waals surface area contributed by atoms with Crippen molar-refractivity contribution in [1.29, 1.82) is 0 Å². The Balaban J connectivity index is 3.79. The van der Waals surface area contributed by atoms with Gasteiger partial charge in [-0.1, -0.05) is 135 Å². The molecule has 0 aliphatic rings. The van der Waals surface area contributed by atoms with E-state index < -0.39 is 6.10 Å². The zero-order valence-corrected chi connectivity index (χ0v) is 31.3. The van der Waals surface area contributed by atoms with E-state index in [1.165, 1.54) is 0 Å². The van der Waals surface area contributed by atoms with Crippen molar-refractivity contribution in [2.24, 2.45) is 0 Å². The molecule has 0 bridgehead atoms. The Morgan fingerprint density at radius 2 is 0.780 bits per heavy atom. The second-order valence-corrected chi connectivity index (χ2v) is 11.9. The first-order chi connectivity index (χ1) is 24.6. The van der Waals surface area contributed by atoms with Gasteiger partial charge in [0.1, 0.15) is 6.61 Å². The van der Waals surface area contributed by atoms with Crippen molar-refractivity contribution in [3.8, 4) is 0 Å². The molecule has 0 radical (unpaired) electrons. The lowest BCUT2D eigenvalue weighted by molar-refractivity contribution is -0.161. The monoisotopic (exact) mass is 689 g/mol. The molecule has 50 heavy (non-hydrogen) atoms. The van der Waals surface area contributed by atoms with Crippen LogP contribution in [0.2, 0.25) is 0 Å². The lowest BCUT2D eigenvalue weighted by Gasteiger charge is -2.15. The molecule has 1 atom stereocenters. The van der Waals surface area contributed by atoms with E-state index in [9.17, 15) is 14.7 Å². The van der Waals surface area contributed by atoms with Gasteiger partial charge < -0.3 is 14.6 Å². The van der Waals surface area contributed by atoms with Crippen molar-refractivity contribution in [3.05, 3.63) is 122 Å². The smallest absolute Gasteiger partial charge is 0.306 e. The highest BCUT2D eigenvalue weighted by molar-refractivity contribution is 5.70. The number of carbonyl (C=O) groups is 2. The van der Waals surface area contributed by atoms with Crippen molar-refractivity contribution in [2.45, 2.75) is 136 Å². The van der Waals surface area contributed by atoms with Crippen LogP contribution in [-0.4, -0.2) is 36.4 Å². The van der Waals surface area contributed by atoms with Crippen LogP contribution in [0.15, 0.2) is 122 Å². The highest BCUT2D eigenvalue weighted by Gasteiger charge is 2.15. The highest BCUT2D eigenvalue weighted by Crippen LogP contribution is 2.07. The van der Waals surface area contributed by atoms with Gasteiger partial charge in [0.25, 0.3) is 0 Å². The van der Waals surface area contributed by atoms with E-state index in [2.05, 4.69) is 135 Å². The first-order valence-corrected chi connectivity index (χ1v) is 19.1. The predicted octanol–water partition coefficient (Wildman–Crippen LogP) is 12.1. The molecule has 0 saturated carbocycles. The zero-order chi connectivity index (χ0) is 36.4. The van der Waals surface area contributed by atoms with Crippen molar-refractivity contribution >= 4 is 11.9 Å². The number of hydrogen-bond donors (Lipinski definition) is 1. The summed E-state index contributed by atoms with van der Waals surface area (Å²) in [6.45, 7) is 3.80. The Morgan fingerprint density at radius 1 is 0.460 bits per heavy atom. The molecule has 0 spiro atoms. The van der Waals surface area contributed by atoms with Gasteiger partial charge in [0.2, 0.25) is 0 Å². The molecule has 0 saturated heterocycles. The van der Waals surface area contributed by atoms with Gasteiger partial charge in [-0.3, -0.25) is 9.59 Å². The largest absolute Gasteiger partial charge is 0.462 e. The molecule has 5 nitrogen and oxygen atoms in total. The second-order valence-electron chi connectivity index (χ2n) is 11.9. The van der Waals surface area contributed by atoms with Gasteiger partial charge in [0.15, 0.2) is 6.10 Å². The van der Waals surface area contributed by atoms with Crippen LogP contribution >= 0.6 is 0 Å². The lowest BCUT2D eigenvalue weighted by Crippen LogP contribution is -2.28. The fourth-order valence-corrected chi connectivity index (χ4v) is 4.43. The summed E-state index contributed by atoms with van der Waals surface area (Å²) in [5, 5.41) is 9.54. The van der Waals surface area contributed by atoms with Crippen molar-refractivity contribution in [1.82, 2.24) is 0 Å². The summed E-state index contributed by atoms with van der Waals surface area (Å²) in [4.78, 5) is 24.2. The molecule has 0 fully saturated rings. The van der Waals surface area contributed by atoms with Gasteiger partial charge in [0.05, 0.1) is 6.61 Å². The summed E-state index contributed by atoms with van der Waals surface area (Å²) in [6.07, 6.45) is 58.3. The molecule has 1 N–H and O–H groups in total. The average Bonchev–Trinajstić information content (AvgIpc) is 3.12. The van der Waals surface area contributed by atoms with E-state index in [1.807, 2.05) is 0 Å². The molecular formula is C45H68O5. The third-order valence-electron chi connectivity index (χ3n) is 7.25. The Bertz CT molecular complexity index is 1100. The van der Waals surface area contributed by atoms with Crippen LogP contribution in [-0.2, 0) is 19.1 Å². The van der Waals surface area contributed by atoms with Gasteiger partial charge in [-0.25, -0.2) is 0 Å². The number of ether oxygens (including phenoxy) is 2. The number of rotatable bonds is 32. The Labute approximate surface area is 305 Å². The lowest BCUT2D eigenvalue weighted by atomic mass is 10.1. The molecule has 0 aromatic heterocycles. The molecule has 5 heteroatoms. The summed E-state index contributed by atoms with van der Waals surface area (Å²) in [5.41, 5.74) is 0. The van der Waals surface area contributed by atoms with Gasteiger partial charge in [0, 0.05) is 12.8 Å². The van der Waals surface area contributed by atoms with E-state index in [0.717, 1.165) is 96.3 Å². The molecular weight excluding hydrogens is 620 g/mol. The topological polar surface area (TPSA) is 72.8 Å². The van der Waals surface area contributed by atoms with Crippen LogP contribution in [0.3, 0.4) is 0 Å². The normalized spacial score (nSPS) is 13.6. The average molecular weight is 689 g/mol. The fraction of sp³-hybridized carbons (Fsp3) is 0.511. The number of esters is 2. The molecule has 0 aromatic rings. The van der Waals surface area contributed by atoms with Gasteiger partial charge in [-0.05, 0) is 103 Å². The number of carbonyl (C=O) groups excluding carboxylic acids is 2. The minimum Gasteiger partial charge on any atom is -0.462 e. The van der Waals surface area contributed by atoms with Gasteiger partial charge >= 0.3 is 11.9 Å². The number of allylic oxidation sites excluding steroid dienone is 20. The summed E-state index contributed by atoms with van der Waals surface area (Å²) >= 11 is 0. The molecule has 0 heterocycles. The maximum absolute atomic E-state index is 12.2. The van der Waals surface area contributed by atoms with E-state index in [4.69, 9.17) is 9.47 Å². The number of aliphatic hydroxyl groups excluding tert-OH is 1. The van der Waals surface area contributed by atoms with E-state index in [0.29, 0.717) is 12.8 Å². The van der Waals surface area contributed by atoms with E-state index in [-0.39, 0.29) is 31.6 Å². The first kappa shape index (κ1) is 46.3. The summed E-state index contributed by atoms with van der Waals surface area (Å²) in [5.74, 6) is -0.707. The fourth-order valence-electron chi connectivity index (χ4n) is 4.43. The van der Waals surface area contributed by atoms with Crippen molar-refractivity contribution in [2.75, 3.05) is 13.2 Å². The summed E-state index contributed by atoms with van der Waals surface area (Å²) in [7, 11) is 0. The van der Waals surface area contributed by atoms with Gasteiger partial charge in [-0.15, -0.1) is 0 Å².